The molecule has 2 aliphatic heterocycles. The molecule has 1 saturated heterocycles. The van der Waals surface area contributed by atoms with E-state index in [1.54, 1.807) is 41.3 Å². The van der Waals surface area contributed by atoms with Crippen molar-refractivity contribution in [2.75, 3.05) is 33.0 Å². The zero-order valence-corrected chi connectivity index (χ0v) is 38.3. The summed E-state index contributed by atoms with van der Waals surface area (Å²) in [6.45, 7) is 7.43. The highest BCUT2D eigenvalue weighted by atomic mass is 19.1. The predicted octanol–water partition coefficient (Wildman–Crippen LogP) is 11.3. The molecule has 11 nitrogen and oxygen atoms in total. The van der Waals surface area contributed by atoms with Gasteiger partial charge in [0.15, 0.2) is 0 Å². The standard InChI is InChI=1S/C52H75FN2O9/c1-3-5-6-7-8-9-10-11-12-18-33-61-51(59)55(37-38-23-25-40(53)26-24-38)47-36-45(54-64-48-22-15-19-32-60-48)43-34-39(20-13-16-29-56)42(21-14-17-30-57)49-44-35-41(58)27-28-46(44)63-52(47,50(43)49)62-31-4-2/h4,23-28,34-35,39,42,47-50,56-58H,2-3,5-22,29-33,36-37H2,1H3/t39-,42+,47-,48?,49+,50+,52+/m0/s1. The first kappa shape index (κ1) is 49.5. The maximum Gasteiger partial charge on any atom is 0.410 e. The maximum absolute atomic E-state index is 14.9. The van der Waals surface area contributed by atoms with Gasteiger partial charge >= 0.3 is 6.09 Å². The molecule has 64 heavy (non-hydrogen) atoms. The minimum Gasteiger partial charge on any atom is -0.508 e. The van der Waals surface area contributed by atoms with Crippen molar-refractivity contribution < 1.29 is 48.3 Å². The van der Waals surface area contributed by atoms with Crippen LogP contribution in [0.3, 0.4) is 0 Å². The molecule has 2 fully saturated rings. The first-order valence-corrected chi connectivity index (χ1v) is 24.6. The number of phenols is 1. The molecule has 7 atom stereocenters. The molecule has 354 valence electrons. The van der Waals surface area contributed by atoms with Crippen LogP contribution in [-0.2, 0) is 25.6 Å². The summed E-state index contributed by atoms with van der Waals surface area (Å²) in [5.74, 6) is -2.01. The molecule has 0 aromatic heterocycles. The Labute approximate surface area is 381 Å². The summed E-state index contributed by atoms with van der Waals surface area (Å²) in [5, 5.41) is 35.8. The maximum atomic E-state index is 14.9. The SMILES string of the molecule is C=CCO[C@@]12Oc3ccc(O)cc3[C@H]3[C@H](CCCCO)[C@@H](CCCCO)C=C(C(=NOC4CCCCO4)C[C@@H]1N(Cc1ccc(F)cc1)C(=O)OCCCCCCCCCCCC)[C@H]32. The average Bonchev–Trinajstić information content (AvgIpc) is 3.30. The number of aliphatic hydroxyl groups is 2. The molecule has 2 aromatic carbocycles. The number of benzene rings is 2. The molecule has 3 N–H and O–H groups in total. The third-order valence-electron chi connectivity index (χ3n) is 13.7. The molecule has 0 spiro atoms. The van der Waals surface area contributed by atoms with E-state index in [0.29, 0.717) is 42.9 Å². The normalized spacial score (nSPS) is 25.4. The van der Waals surface area contributed by atoms with Crippen molar-refractivity contribution in [3.05, 3.63) is 83.7 Å². The Bertz CT molecular complexity index is 1800. The Morgan fingerprint density at radius 1 is 0.938 bits per heavy atom. The van der Waals surface area contributed by atoms with Crippen molar-refractivity contribution in [1.29, 1.82) is 0 Å². The van der Waals surface area contributed by atoms with Crippen molar-refractivity contribution in [3.63, 3.8) is 0 Å². The van der Waals surface area contributed by atoms with Gasteiger partial charge in [0.05, 0.1) is 31.5 Å². The fourth-order valence-corrected chi connectivity index (χ4v) is 10.5. The number of ether oxygens (including phenoxy) is 4. The molecule has 4 aliphatic rings. The number of halogens is 1. The third kappa shape index (κ3) is 12.9. The van der Waals surface area contributed by atoms with Gasteiger partial charge in [0.1, 0.15) is 23.4 Å². The number of fused-ring (bicyclic) bond motifs is 2. The fraction of sp³-hybridized carbons (Fsp3) is 0.654. The second-order valence-electron chi connectivity index (χ2n) is 18.2. The monoisotopic (exact) mass is 891 g/mol. The summed E-state index contributed by atoms with van der Waals surface area (Å²) < 4.78 is 40.8. The Morgan fingerprint density at radius 2 is 1.66 bits per heavy atom. The topological polar surface area (TPSA) is 140 Å². The van der Waals surface area contributed by atoms with E-state index in [4.69, 9.17) is 28.9 Å². The first-order valence-electron chi connectivity index (χ1n) is 24.6. The van der Waals surface area contributed by atoms with Crippen LogP contribution in [0.4, 0.5) is 9.18 Å². The smallest absolute Gasteiger partial charge is 0.410 e. The third-order valence-corrected chi connectivity index (χ3v) is 13.7. The van der Waals surface area contributed by atoms with Crippen LogP contribution in [0.25, 0.3) is 0 Å². The summed E-state index contributed by atoms with van der Waals surface area (Å²) in [6, 6.07) is 10.5. The van der Waals surface area contributed by atoms with E-state index < -0.39 is 30.1 Å². The number of amides is 1. The molecule has 1 saturated carbocycles. The predicted molar refractivity (Wildman–Crippen MR) is 246 cm³/mol. The van der Waals surface area contributed by atoms with Crippen LogP contribution in [0.1, 0.15) is 152 Å². The lowest BCUT2D eigenvalue weighted by atomic mass is 9.55. The van der Waals surface area contributed by atoms with E-state index in [-0.39, 0.29) is 68.7 Å². The minimum absolute atomic E-state index is 0.00610. The van der Waals surface area contributed by atoms with Crippen LogP contribution in [0, 0.1) is 23.6 Å². The summed E-state index contributed by atoms with van der Waals surface area (Å²) in [5.41, 5.74) is 3.07. The van der Waals surface area contributed by atoms with Gasteiger partial charge in [0.2, 0.25) is 12.1 Å². The number of rotatable bonds is 27. The summed E-state index contributed by atoms with van der Waals surface area (Å²) in [4.78, 5) is 22.8. The highest BCUT2D eigenvalue weighted by molar-refractivity contribution is 6.03. The van der Waals surface area contributed by atoms with E-state index in [1.807, 2.05) is 0 Å². The molecule has 12 heteroatoms. The van der Waals surface area contributed by atoms with E-state index >= 15 is 0 Å². The van der Waals surface area contributed by atoms with Crippen molar-refractivity contribution >= 4 is 11.8 Å². The zero-order chi connectivity index (χ0) is 45.2. The molecule has 6 rings (SSSR count). The number of aromatic hydroxyl groups is 1. The minimum atomic E-state index is -1.50. The second kappa shape index (κ2) is 25.7. The van der Waals surface area contributed by atoms with Gasteiger partial charge in [-0.1, -0.05) is 107 Å². The lowest BCUT2D eigenvalue weighted by Gasteiger charge is -2.59. The van der Waals surface area contributed by atoms with Crippen LogP contribution < -0.4 is 4.74 Å². The molecular weight excluding hydrogens is 816 g/mol. The Kier molecular flexibility index (Phi) is 19.8. The molecule has 2 aromatic rings. The van der Waals surface area contributed by atoms with Crippen molar-refractivity contribution in [1.82, 2.24) is 4.90 Å². The van der Waals surface area contributed by atoms with Crippen molar-refractivity contribution in [2.24, 2.45) is 22.9 Å². The zero-order valence-electron chi connectivity index (χ0n) is 38.3. The van der Waals surface area contributed by atoms with E-state index in [1.165, 1.54) is 50.7 Å². The van der Waals surface area contributed by atoms with Crippen molar-refractivity contribution in [2.45, 2.75) is 166 Å². The largest absolute Gasteiger partial charge is 0.508 e. The van der Waals surface area contributed by atoms with Gasteiger partial charge in [-0.2, -0.15) is 0 Å². The number of aliphatic hydroxyl groups excluding tert-OH is 2. The number of hydrogen-bond acceptors (Lipinski definition) is 10. The van der Waals surface area contributed by atoms with Gasteiger partial charge in [0, 0.05) is 44.1 Å². The number of allylic oxidation sites excluding steroid dienone is 1. The second-order valence-corrected chi connectivity index (χ2v) is 18.2. The van der Waals surface area contributed by atoms with Gasteiger partial charge in [-0.15, -0.1) is 6.58 Å². The Hall–Kier alpha value is -3.97. The number of carbonyl (C=O) groups is 1. The summed E-state index contributed by atoms with van der Waals surface area (Å²) in [6.07, 6.45) is 21.7. The lowest BCUT2D eigenvalue weighted by Crippen LogP contribution is -2.70. The Balaban J connectivity index is 1.42. The number of oxime groups is 1. The lowest BCUT2D eigenvalue weighted by molar-refractivity contribution is -0.256. The highest BCUT2D eigenvalue weighted by Crippen LogP contribution is 2.62. The van der Waals surface area contributed by atoms with Gasteiger partial charge < -0.3 is 39.1 Å². The molecule has 2 heterocycles. The number of unbranched alkanes of at least 4 members (excludes halogenated alkanes) is 11. The highest BCUT2D eigenvalue weighted by Gasteiger charge is 2.65. The van der Waals surface area contributed by atoms with Gasteiger partial charge in [0.25, 0.3) is 0 Å². The molecular formula is C52H75FN2O9. The van der Waals surface area contributed by atoms with E-state index in [9.17, 15) is 24.5 Å². The molecule has 2 aliphatic carbocycles. The molecule has 1 amide bonds. The first-order chi connectivity index (χ1) is 31.3. The van der Waals surface area contributed by atoms with Crippen LogP contribution in [0.2, 0.25) is 0 Å². The van der Waals surface area contributed by atoms with Gasteiger partial charge in [-0.05, 0) is 98.2 Å². The van der Waals surface area contributed by atoms with Gasteiger partial charge in [-0.25, -0.2) is 9.18 Å². The average molecular weight is 891 g/mol. The van der Waals surface area contributed by atoms with Gasteiger partial charge in [-0.3, -0.25) is 4.90 Å². The number of hydrogen-bond donors (Lipinski definition) is 3. The molecule has 0 radical (unpaired) electrons. The van der Waals surface area contributed by atoms with Crippen LogP contribution in [0.5, 0.6) is 11.5 Å². The van der Waals surface area contributed by atoms with Crippen molar-refractivity contribution in [3.8, 4) is 11.5 Å². The van der Waals surface area contributed by atoms with Crippen LogP contribution >= 0.6 is 0 Å². The summed E-state index contributed by atoms with van der Waals surface area (Å²) in [7, 11) is 0. The Morgan fingerprint density at radius 3 is 2.34 bits per heavy atom. The molecule has 0 bridgehead atoms. The number of carbonyl (C=O) groups excluding carboxylic acids is 1. The molecule has 1 unspecified atom stereocenters. The van der Waals surface area contributed by atoms with Crippen LogP contribution in [-0.4, -0.2) is 83.2 Å². The summed E-state index contributed by atoms with van der Waals surface area (Å²) >= 11 is 0. The quantitative estimate of drug-likeness (QED) is 0.0454. The number of nitrogens with zero attached hydrogens (tertiary/aromatic N) is 2. The van der Waals surface area contributed by atoms with E-state index in [2.05, 4.69) is 19.6 Å². The fourth-order valence-electron chi connectivity index (χ4n) is 10.5. The van der Waals surface area contributed by atoms with Crippen LogP contribution in [0.15, 0.2) is 71.9 Å². The number of phenolic OH excluding ortho intramolecular Hbond substituents is 1. The van der Waals surface area contributed by atoms with E-state index in [0.717, 1.165) is 75.3 Å².